The minimum atomic E-state index is -0.834. The summed E-state index contributed by atoms with van der Waals surface area (Å²) in [6.45, 7) is 0. The van der Waals surface area contributed by atoms with Gasteiger partial charge in [-0.15, -0.1) is 0 Å². The summed E-state index contributed by atoms with van der Waals surface area (Å²) in [5, 5.41) is 12.3. The predicted molar refractivity (Wildman–Crippen MR) is 75.2 cm³/mol. The van der Waals surface area contributed by atoms with Crippen molar-refractivity contribution in [2.24, 2.45) is 0 Å². The number of aromatic nitrogens is 1. The molecule has 0 atom stereocenters. The molecule has 0 saturated heterocycles. The van der Waals surface area contributed by atoms with E-state index in [2.05, 4.69) is 16.4 Å². The van der Waals surface area contributed by atoms with Crippen molar-refractivity contribution in [3.8, 4) is 6.07 Å². The molecule has 0 spiro atoms. The fraction of sp³-hybridized carbons (Fsp3) is 0.533. The molecule has 1 aliphatic carbocycles. The molecule has 5 heteroatoms. The van der Waals surface area contributed by atoms with Crippen molar-refractivity contribution in [3.05, 3.63) is 34.2 Å². The first-order valence-corrected chi connectivity index (χ1v) is 7.08. The molecule has 0 aliphatic heterocycles. The number of carbonyl (C=O) groups is 1. The number of pyridine rings is 1. The van der Waals surface area contributed by atoms with E-state index in [-0.39, 0.29) is 11.0 Å². The fourth-order valence-electron chi connectivity index (χ4n) is 2.65. The normalized spacial score (nSPS) is 18.4. The van der Waals surface area contributed by atoms with Crippen LogP contribution in [0, 0.1) is 11.3 Å². The van der Waals surface area contributed by atoms with Crippen LogP contribution < -0.4 is 10.7 Å². The molecule has 5 nitrogen and oxygen atoms in total. The van der Waals surface area contributed by atoms with E-state index in [9.17, 15) is 14.9 Å². The first-order valence-electron chi connectivity index (χ1n) is 7.08. The molecule has 20 heavy (non-hydrogen) atoms. The van der Waals surface area contributed by atoms with Crippen molar-refractivity contribution in [1.29, 1.82) is 5.26 Å². The summed E-state index contributed by atoms with van der Waals surface area (Å²) in [6.07, 6.45) is 9.39. The smallest absolute Gasteiger partial charge is 0.257 e. The van der Waals surface area contributed by atoms with E-state index in [0.717, 1.165) is 25.7 Å². The van der Waals surface area contributed by atoms with E-state index < -0.39 is 11.4 Å². The molecule has 2 rings (SSSR count). The summed E-state index contributed by atoms with van der Waals surface area (Å²) in [4.78, 5) is 26.6. The summed E-state index contributed by atoms with van der Waals surface area (Å²) >= 11 is 0. The zero-order valence-electron chi connectivity index (χ0n) is 11.4. The van der Waals surface area contributed by atoms with Gasteiger partial charge in [0.25, 0.3) is 5.91 Å². The van der Waals surface area contributed by atoms with E-state index in [1.165, 1.54) is 24.9 Å². The Balaban J connectivity index is 2.17. The van der Waals surface area contributed by atoms with Crippen LogP contribution in [0.2, 0.25) is 0 Å². The van der Waals surface area contributed by atoms with Crippen LogP contribution >= 0.6 is 0 Å². The number of rotatable bonds is 2. The highest BCUT2D eigenvalue weighted by Crippen LogP contribution is 2.26. The molecule has 1 saturated carbocycles. The molecule has 0 unspecified atom stereocenters. The number of H-pyrrole nitrogens is 1. The van der Waals surface area contributed by atoms with Crippen molar-refractivity contribution in [1.82, 2.24) is 10.3 Å². The van der Waals surface area contributed by atoms with E-state index in [1.54, 1.807) is 0 Å². The third-order valence-corrected chi connectivity index (χ3v) is 3.84. The zero-order valence-corrected chi connectivity index (χ0v) is 11.4. The van der Waals surface area contributed by atoms with Crippen molar-refractivity contribution in [3.63, 3.8) is 0 Å². The van der Waals surface area contributed by atoms with E-state index in [0.29, 0.717) is 12.8 Å². The second-order valence-corrected chi connectivity index (χ2v) is 5.34. The molecule has 106 valence electrons. The highest BCUT2D eigenvalue weighted by Gasteiger charge is 2.32. The molecule has 1 aromatic heterocycles. The molecular formula is C15H19N3O2. The van der Waals surface area contributed by atoms with Gasteiger partial charge in [0, 0.05) is 18.5 Å². The van der Waals surface area contributed by atoms with Gasteiger partial charge in [0.1, 0.15) is 11.1 Å². The number of hydrogen-bond donors (Lipinski definition) is 2. The summed E-state index contributed by atoms with van der Waals surface area (Å²) in [7, 11) is 0. The van der Waals surface area contributed by atoms with E-state index in [1.807, 2.05) is 0 Å². The molecule has 1 amide bonds. The third-order valence-electron chi connectivity index (χ3n) is 3.84. The van der Waals surface area contributed by atoms with Gasteiger partial charge >= 0.3 is 0 Å². The van der Waals surface area contributed by atoms with Crippen LogP contribution in [0.15, 0.2) is 23.3 Å². The minimum absolute atomic E-state index is 0.0594. The van der Waals surface area contributed by atoms with Gasteiger partial charge in [-0.05, 0) is 12.8 Å². The Labute approximate surface area is 118 Å². The van der Waals surface area contributed by atoms with Gasteiger partial charge in [-0.2, -0.15) is 5.26 Å². The lowest BCUT2D eigenvalue weighted by Gasteiger charge is -2.29. The number of aromatic amines is 1. The van der Waals surface area contributed by atoms with Crippen LogP contribution in [0.25, 0.3) is 0 Å². The Hall–Kier alpha value is -2.09. The topological polar surface area (TPSA) is 85.8 Å². The lowest BCUT2D eigenvalue weighted by molar-refractivity contribution is 0.0906. The Morgan fingerprint density at radius 2 is 1.90 bits per heavy atom. The second kappa shape index (κ2) is 6.38. The molecule has 2 N–H and O–H groups in total. The number of nitrogens with one attached hydrogen (secondary N) is 2. The Bertz CT molecular complexity index is 563. The van der Waals surface area contributed by atoms with Crippen molar-refractivity contribution in [2.75, 3.05) is 0 Å². The monoisotopic (exact) mass is 273 g/mol. The molecule has 0 bridgehead atoms. The number of carbonyl (C=O) groups excluding carboxylic acids is 1. The van der Waals surface area contributed by atoms with Crippen LogP contribution in [0.4, 0.5) is 0 Å². The van der Waals surface area contributed by atoms with Crippen LogP contribution in [-0.4, -0.2) is 16.4 Å². The van der Waals surface area contributed by atoms with Crippen LogP contribution in [0.1, 0.15) is 55.3 Å². The lowest BCUT2D eigenvalue weighted by Crippen LogP contribution is -2.48. The van der Waals surface area contributed by atoms with Crippen LogP contribution in [0.3, 0.4) is 0 Å². The summed E-state index contributed by atoms with van der Waals surface area (Å²) < 4.78 is 0. The predicted octanol–water partition coefficient (Wildman–Crippen LogP) is 2.11. The van der Waals surface area contributed by atoms with Gasteiger partial charge in [-0.25, -0.2) is 0 Å². The highest BCUT2D eigenvalue weighted by atomic mass is 16.2. The zero-order chi connectivity index (χ0) is 14.4. The molecular weight excluding hydrogens is 254 g/mol. The van der Waals surface area contributed by atoms with E-state index in [4.69, 9.17) is 0 Å². The van der Waals surface area contributed by atoms with Crippen molar-refractivity contribution in [2.45, 2.75) is 50.5 Å². The van der Waals surface area contributed by atoms with Crippen molar-refractivity contribution < 1.29 is 4.79 Å². The number of nitrogens with zero attached hydrogens (tertiary/aromatic N) is 1. The summed E-state index contributed by atoms with van der Waals surface area (Å²) in [5.41, 5.74) is -1.11. The maximum absolute atomic E-state index is 12.2. The molecule has 1 aromatic rings. The second-order valence-electron chi connectivity index (χ2n) is 5.34. The number of amides is 1. The van der Waals surface area contributed by atoms with Gasteiger partial charge in [-0.3, -0.25) is 9.59 Å². The Morgan fingerprint density at radius 3 is 2.50 bits per heavy atom. The minimum Gasteiger partial charge on any atom is -0.367 e. The molecule has 1 heterocycles. The number of hydrogen-bond acceptors (Lipinski definition) is 3. The average Bonchev–Trinajstić information content (AvgIpc) is 2.42. The van der Waals surface area contributed by atoms with Gasteiger partial charge in [-0.1, -0.05) is 32.1 Å². The van der Waals surface area contributed by atoms with Crippen LogP contribution in [-0.2, 0) is 0 Å². The Morgan fingerprint density at radius 1 is 1.25 bits per heavy atom. The lowest BCUT2D eigenvalue weighted by atomic mass is 9.85. The SMILES string of the molecule is N#CC1(NC(=O)c2c[nH]ccc2=O)CCCCCCC1. The molecule has 1 aliphatic rings. The van der Waals surface area contributed by atoms with Crippen molar-refractivity contribution >= 4 is 5.91 Å². The summed E-state index contributed by atoms with van der Waals surface area (Å²) in [5.74, 6) is -0.464. The first kappa shape index (κ1) is 14.3. The first-order chi connectivity index (χ1) is 9.67. The Kier molecular flexibility index (Phi) is 4.57. The maximum Gasteiger partial charge on any atom is 0.257 e. The molecule has 0 radical (unpaired) electrons. The van der Waals surface area contributed by atoms with Gasteiger partial charge in [0.05, 0.1) is 6.07 Å². The molecule has 1 fully saturated rings. The number of nitriles is 1. The highest BCUT2D eigenvalue weighted by molar-refractivity contribution is 5.94. The summed E-state index contributed by atoms with van der Waals surface area (Å²) in [6, 6.07) is 3.57. The van der Waals surface area contributed by atoms with Gasteiger partial charge in [0.15, 0.2) is 5.43 Å². The largest absolute Gasteiger partial charge is 0.367 e. The fourth-order valence-corrected chi connectivity index (χ4v) is 2.65. The molecule has 0 aromatic carbocycles. The maximum atomic E-state index is 12.2. The standard InChI is InChI=1S/C15H19N3O2/c16-11-15(7-4-2-1-3-5-8-15)18-14(20)12-10-17-9-6-13(12)19/h6,9-10H,1-5,7-8H2,(H,17,19)(H,18,20). The third kappa shape index (κ3) is 3.27. The van der Waals surface area contributed by atoms with E-state index >= 15 is 0 Å². The quantitative estimate of drug-likeness (QED) is 0.865. The van der Waals surface area contributed by atoms with Gasteiger partial charge < -0.3 is 10.3 Å². The average molecular weight is 273 g/mol. The van der Waals surface area contributed by atoms with Gasteiger partial charge in [0.2, 0.25) is 0 Å². The van der Waals surface area contributed by atoms with Crippen LogP contribution in [0.5, 0.6) is 0 Å².